The highest BCUT2D eigenvalue weighted by Gasteiger charge is 2.35. The number of aromatic nitrogens is 2. The van der Waals surface area contributed by atoms with Gasteiger partial charge in [0.05, 0.1) is 12.3 Å². The molecule has 0 spiro atoms. The molecule has 1 aromatic heterocycles. The topological polar surface area (TPSA) is 56.1 Å². The predicted octanol–water partition coefficient (Wildman–Crippen LogP) is 3.15. The number of anilines is 1. The van der Waals surface area contributed by atoms with Gasteiger partial charge in [-0.05, 0) is 31.1 Å². The van der Waals surface area contributed by atoms with E-state index in [1.54, 1.807) is 11.8 Å². The van der Waals surface area contributed by atoms with E-state index in [9.17, 15) is 4.79 Å². The monoisotopic (exact) mass is 319 g/mol. The molecule has 2 saturated carbocycles. The maximum absolute atomic E-state index is 12.6. The van der Waals surface area contributed by atoms with Crippen LogP contribution in [0.3, 0.4) is 0 Å². The maximum Gasteiger partial charge on any atom is 0.228 e. The molecule has 23 heavy (non-hydrogen) atoms. The Bertz CT molecular complexity index is 540. The van der Waals surface area contributed by atoms with Crippen LogP contribution in [0, 0.1) is 17.8 Å². The highest BCUT2D eigenvalue weighted by molar-refractivity contribution is 5.91. The van der Waals surface area contributed by atoms with Crippen molar-refractivity contribution in [2.45, 2.75) is 51.4 Å². The number of rotatable bonds is 5. The highest BCUT2D eigenvalue weighted by Crippen LogP contribution is 2.42. The van der Waals surface area contributed by atoms with Crippen LogP contribution >= 0.6 is 0 Å². The van der Waals surface area contributed by atoms with E-state index in [0.29, 0.717) is 6.61 Å². The van der Waals surface area contributed by atoms with Gasteiger partial charge in [-0.3, -0.25) is 9.48 Å². The number of nitrogens with zero attached hydrogens (tertiary/aromatic N) is 2. The molecule has 2 aliphatic rings. The van der Waals surface area contributed by atoms with Crippen molar-refractivity contribution in [2.75, 3.05) is 19.0 Å². The molecule has 2 aliphatic carbocycles. The van der Waals surface area contributed by atoms with Gasteiger partial charge in [0.1, 0.15) is 5.82 Å². The Hall–Kier alpha value is -1.36. The van der Waals surface area contributed by atoms with Crippen LogP contribution in [0.25, 0.3) is 0 Å². The molecule has 0 saturated heterocycles. The average molecular weight is 319 g/mol. The molecule has 1 heterocycles. The van der Waals surface area contributed by atoms with Crippen molar-refractivity contribution in [1.82, 2.24) is 9.78 Å². The second-order valence-corrected chi connectivity index (χ2v) is 7.19. The molecular weight excluding hydrogens is 290 g/mol. The molecule has 0 radical (unpaired) electrons. The molecule has 5 heteroatoms. The summed E-state index contributed by atoms with van der Waals surface area (Å²) in [6.07, 6.45) is 9.55. The number of nitrogens with one attached hydrogen (secondary N) is 1. The van der Waals surface area contributed by atoms with Crippen LogP contribution < -0.4 is 5.32 Å². The zero-order valence-electron chi connectivity index (χ0n) is 14.4. The molecule has 1 aromatic rings. The van der Waals surface area contributed by atoms with Gasteiger partial charge in [0.25, 0.3) is 0 Å². The summed E-state index contributed by atoms with van der Waals surface area (Å²) in [7, 11) is 3.57. The minimum absolute atomic E-state index is 0.173. The zero-order chi connectivity index (χ0) is 16.2. The van der Waals surface area contributed by atoms with E-state index in [1.807, 2.05) is 13.1 Å². The number of aryl methyl sites for hydroxylation is 1. The Kier molecular flexibility index (Phi) is 5.36. The Morgan fingerprint density at radius 1 is 1.30 bits per heavy atom. The fourth-order valence-electron chi connectivity index (χ4n) is 4.31. The molecule has 0 aliphatic heterocycles. The third kappa shape index (κ3) is 3.94. The molecule has 0 aromatic carbocycles. The number of carbonyl (C=O) groups excluding carboxylic acids is 1. The first-order valence-corrected chi connectivity index (χ1v) is 9.00. The summed E-state index contributed by atoms with van der Waals surface area (Å²) in [5.41, 5.74) is 0.959. The number of hydrogen-bond donors (Lipinski definition) is 1. The number of hydrogen-bond acceptors (Lipinski definition) is 3. The van der Waals surface area contributed by atoms with Crippen LogP contribution in [0.2, 0.25) is 0 Å². The second kappa shape index (κ2) is 7.47. The van der Waals surface area contributed by atoms with E-state index in [-0.39, 0.29) is 11.8 Å². The Morgan fingerprint density at radius 2 is 2.09 bits per heavy atom. The number of carbonyl (C=O) groups is 1. The van der Waals surface area contributed by atoms with Gasteiger partial charge in [0, 0.05) is 32.6 Å². The van der Waals surface area contributed by atoms with Crippen molar-refractivity contribution in [2.24, 2.45) is 24.8 Å². The summed E-state index contributed by atoms with van der Waals surface area (Å²) in [6, 6.07) is 1.96. The minimum Gasteiger partial charge on any atom is -0.384 e. The SMILES string of the molecule is COCCc1cc(NC(=O)[C@@H]2CC[C@H]3CCCC[C@H]3C2)n(C)n1. The zero-order valence-corrected chi connectivity index (χ0v) is 14.4. The van der Waals surface area contributed by atoms with E-state index in [1.165, 1.54) is 32.1 Å². The van der Waals surface area contributed by atoms with E-state index < -0.39 is 0 Å². The lowest BCUT2D eigenvalue weighted by atomic mass is 9.67. The van der Waals surface area contributed by atoms with Crippen molar-refractivity contribution in [3.63, 3.8) is 0 Å². The van der Waals surface area contributed by atoms with Gasteiger partial charge in [-0.25, -0.2) is 0 Å². The van der Waals surface area contributed by atoms with Crippen LogP contribution in [-0.2, 0) is 23.0 Å². The van der Waals surface area contributed by atoms with Gasteiger partial charge in [0.2, 0.25) is 5.91 Å². The second-order valence-electron chi connectivity index (χ2n) is 7.19. The number of fused-ring (bicyclic) bond motifs is 1. The third-order valence-corrected chi connectivity index (χ3v) is 5.65. The molecule has 0 unspecified atom stereocenters. The van der Waals surface area contributed by atoms with Crippen LogP contribution in [0.5, 0.6) is 0 Å². The summed E-state index contributed by atoms with van der Waals surface area (Å²) < 4.78 is 6.84. The number of amides is 1. The number of ether oxygens (including phenoxy) is 1. The lowest BCUT2D eigenvalue weighted by Gasteiger charge is -2.38. The smallest absolute Gasteiger partial charge is 0.228 e. The van der Waals surface area contributed by atoms with Crippen LogP contribution in [-0.4, -0.2) is 29.4 Å². The fraction of sp³-hybridized carbons (Fsp3) is 0.778. The summed E-state index contributed by atoms with van der Waals surface area (Å²) in [5, 5.41) is 7.53. The molecule has 3 atom stereocenters. The molecule has 5 nitrogen and oxygen atoms in total. The van der Waals surface area contributed by atoms with Crippen LogP contribution in [0.15, 0.2) is 6.07 Å². The van der Waals surface area contributed by atoms with Crippen LogP contribution in [0.1, 0.15) is 50.6 Å². The van der Waals surface area contributed by atoms with Gasteiger partial charge < -0.3 is 10.1 Å². The highest BCUT2D eigenvalue weighted by atomic mass is 16.5. The Labute approximate surface area is 138 Å². The molecule has 0 bridgehead atoms. The summed E-state index contributed by atoms with van der Waals surface area (Å²) >= 11 is 0. The van der Waals surface area contributed by atoms with E-state index in [0.717, 1.165) is 42.6 Å². The first-order valence-electron chi connectivity index (χ1n) is 9.00. The van der Waals surface area contributed by atoms with Gasteiger partial charge >= 0.3 is 0 Å². The Morgan fingerprint density at radius 3 is 2.87 bits per heavy atom. The predicted molar refractivity (Wildman–Crippen MR) is 90.2 cm³/mol. The lowest BCUT2D eigenvalue weighted by molar-refractivity contribution is -0.122. The fourth-order valence-corrected chi connectivity index (χ4v) is 4.31. The summed E-state index contributed by atoms with van der Waals surface area (Å²) in [6.45, 7) is 0.649. The number of methoxy groups -OCH3 is 1. The van der Waals surface area contributed by atoms with E-state index in [4.69, 9.17) is 4.74 Å². The van der Waals surface area contributed by atoms with Gasteiger partial charge in [-0.1, -0.05) is 25.7 Å². The van der Waals surface area contributed by atoms with Crippen molar-refractivity contribution in [3.05, 3.63) is 11.8 Å². The van der Waals surface area contributed by atoms with Crippen molar-refractivity contribution in [1.29, 1.82) is 0 Å². The summed E-state index contributed by atoms with van der Waals surface area (Å²) in [5.74, 6) is 2.80. The van der Waals surface area contributed by atoms with Gasteiger partial charge in [0.15, 0.2) is 0 Å². The van der Waals surface area contributed by atoms with Crippen molar-refractivity contribution in [3.8, 4) is 0 Å². The summed E-state index contributed by atoms with van der Waals surface area (Å²) in [4.78, 5) is 12.6. The van der Waals surface area contributed by atoms with Gasteiger partial charge in [-0.2, -0.15) is 5.10 Å². The first kappa shape index (κ1) is 16.5. The average Bonchev–Trinajstić information content (AvgIpc) is 2.92. The quantitative estimate of drug-likeness (QED) is 0.907. The molecule has 1 amide bonds. The van der Waals surface area contributed by atoms with Crippen LogP contribution in [0.4, 0.5) is 5.82 Å². The standard InChI is InChI=1S/C18H29N3O2/c1-21-17(12-16(20-21)9-10-23-2)19-18(22)15-8-7-13-5-3-4-6-14(13)11-15/h12-15H,3-11H2,1-2H3,(H,19,22)/t13-,14+,15-/m1/s1. The normalized spacial score (nSPS) is 27.5. The third-order valence-electron chi connectivity index (χ3n) is 5.65. The van der Waals surface area contributed by atoms with E-state index in [2.05, 4.69) is 10.4 Å². The molecule has 2 fully saturated rings. The van der Waals surface area contributed by atoms with Crippen molar-refractivity contribution < 1.29 is 9.53 Å². The molecule has 1 N–H and O–H groups in total. The van der Waals surface area contributed by atoms with Gasteiger partial charge in [-0.15, -0.1) is 0 Å². The first-order chi connectivity index (χ1) is 11.2. The molecule has 128 valence electrons. The lowest BCUT2D eigenvalue weighted by Crippen LogP contribution is -2.34. The largest absolute Gasteiger partial charge is 0.384 e. The molecular formula is C18H29N3O2. The minimum atomic E-state index is 0.173. The molecule has 3 rings (SSSR count). The maximum atomic E-state index is 12.6. The van der Waals surface area contributed by atoms with E-state index >= 15 is 0 Å². The van der Waals surface area contributed by atoms with Crippen molar-refractivity contribution >= 4 is 11.7 Å². The Balaban J connectivity index is 1.57.